The van der Waals surface area contributed by atoms with Gasteiger partial charge < -0.3 is 25.8 Å². The van der Waals surface area contributed by atoms with Gasteiger partial charge in [0.2, 0.25) is 5.91 Å². The predicted molar refractivity (Wildman–Crippen MR) is 107 cm³/mol. The minimum Gasteiger partial charge on any atom is -0.444 e. The standard InChI is InChI=1S/C17H34N6O6/c1-11(2)9-13(21-16(26)29-17(3,4)5)14(25)20-12(10-24)7-6-8-19-15(18)22-23(27)28/h11-13,24H,6-10H2,1-5H3,(H,20,25)(H,21,26)(H3,18,19,22)/t12-,13-/m0/s1. The summed E-state index contributed by atoms with van der Waals surface area (Å²) < 4.78 is 5.20. The molecule has 0 aromatic heterocycles. The van der Waals surface area contributed by atoms with Crippen molar-refractivity contribution in [2.75, 3.05) is 13.2 Å². The molecule has 2 atom stereocenters. The molecule has 29 heavy (non-hydrogen) atoms. The number of ether oxygens (including phenoxy) is 1. The Morgan fingerprint density at radius 1 is 1.24 bits per heavy atom. The number of guanidine groups is 1. The van der Waals surface area contributed by atoms with Gasteiger partial charge in [0.15, 0.2) is 5.03 Å². The highest BCUT2D eigenvalue weighted by Gasteiger charge is 2.26. The van der Waals surface area contributed by atoms with Crippen LogP contribution in [0, 0.1) is 21.4 Å². The van der Waals surface area contributed by atoms with Crippen molar-refractivity contribution in [1.29, 1.82) is 5.41 Å². The van der Waals surface area contributed by atoms with Crippen LogP contribution in [0.1, 0.15) is 53.9 Å². The second kappa shape index (κ2) is 12.8. The van der Waals surface area contributed by atoms with Crippen LogP contribution in [-0.4, -0.2) is 58.9 Å². The van der Waals surface area contributed by atoms with E-state index in [1.165, 1.54) is 0 Å². The Hall–Kier alpha value is -2.63. The lowest BCUT2D eigenvalue weighted by Gasteiger charge is -2.25. The number of alkyl carbamates (subject to hydrolysis) is 1. The largest absolute Gasteiger partial charge is 0.444 e. The normalized spacial score (nSPS) is 13.2. The second-order valence-corrected chi connectivity index (χ2v) is 8.03. The van der Waals surface area contributed by atoms with Gasteiger partial charge in [0.1, 0.15) is 11.6 Å². The lowest BCUT2D eigenvalue weighted by molar-refractivity contribution is -0.525. The quantitative estimate of drug-likeness (QED) is 0.0922. The van der Waals surface area contributed by atoms with Crippen LogP contribution in [0.15, 0.2) is 0 Å². The third-order valence-corrected chi connectivity index (χ3v) is 3.52. The fourth-order valence-corrected chi connectivity index (χ4v) is 2.36. The molecule has 0 bridgehead atoms. The highest BCUT2D eigenvalue weighted by atomic mass is 16.7. The van der Waals surface area contributed by atoms with Crippen LogP contribution in [-0.2, 0) is 9.53 Å². The molecule has 6 N–H and O–H groups in total. The zero-order valence-corrected chi connectivity index (χ0v) is 17.7. The molecule has 0 unspecified atom stereocenters. The van der Waals surface area contributed by atoms with Crippen LogP contribution >= 0.6 is 0 Å². The van der Waals surface area contributed by atoms with E-state index in [0.29, 0.717) is 19.3 Å². The highest BCUT2D eigenvalue weighted by Crippen LogP contribution is 2.10. The Bertz CT molecular complexity index is 563. The van der Waals surface area contributed by atoms with Crippen LogP contribution in [0.25, 0.3) is 0 Å². The number of hydrazine groups is 1. The second-order valence-electron chi connectivity index (χ2n) is 8.03. The van der Waals surface area contributed by atoms with Crippen LogP contribution in [0.2, 0.25) is 0 Å². The molecule has 0 saturated heterocycles. The summed E-state index contributed by atoms with van der Waals surface area (Å²) in [6, 6.07) is -1.37. The Labute approximate surface area is 170 Å². The maximum atomic E-state index is 12.6. The van der Waals surface area contributed by atoms with Crippen molar-refractivity contribution < 1.29 is 24.5 Å². The van der Waals surface area contributed by atoms with Gasteiger partial charge in [-0.1, -0.05) is 19.3 Å². The lowest BCUT2D eigenvalue weighted by Crippen LogP contribution is -2.52. The Morgan fingerprint density at radius 3 is 2.34 bits per heavy atom. The van der Waals surface area contributed by atoms with E-state index < -0.39 is 40.7 Å². The molecule has 2 amide bonds. The molecule has 0 aliphatic carbocycles. The van der Waals surface area contributed by atoms with E-state index in [9.17, 15) is 24.8 Å². The number of carbonyl (C=O) groups excluding carboxylic acids is 2. The molecule has 168 valence electrons. The molecule has 12 nitrogen and oxygen atoms in total. The van der Waals surface area contributed by atoms with E-state index in [4.69, 9.17) is 10.1 Å². The number of aliphatic hydroxyl groups excluding tert-OH is 1. The molecule has 0 spiro atoms. The summed E-state index contributed by atoms with van der Waals surface area (Å²) in [7, 11) is 0. The average Bonchev–Trinajstić information content (AvgIpc) is 2.53. The molecular formula is C17H34N6O6. The SMILES string of the molecule is CC(C)C[C@H](NC(=O)OC(C)(C)C)C(=O)N[C@H](CO)CCCNC(=N)N[N+](=O)[O-]. The summed E-state index contributed by atoms with van der Waals surface area (Å²) in [6.45, 7) is 8.94. The summed E-state index contributed by atoms with van der Waals surface area (Å²) in [5.74, 6) is -0.741. The third kappa shape index (κ3) is 14.1. The Morgan fingerprint density at radius 2 is 1.86 bits per heavy atom. The van der Waals surface area contributed by atoms with E-state index in [0.717, 1.165) is 0 Å². The molecule has 0 aromatic rings. The van der Waals surface area contributed by atoms with Gasteiger partial charge in [-0.15, -0.1) is 0 Å². The number of carbonyl (C=O) groups is 2. The molecule has 0 heterocycles. The van der Waals surface area contributed by atoms with Crippen molar-refractivity contribution >= 4 is 18.0 Å². The summed E-state index contributed by atoms with van der Waals surface area (Å²) >= 11 is 0. The summed E-state index contributed by atoms with van der Waals surface area (Å²) in [4.78, 5) is 34.8. The molecular weight excluding hydrogens is 384 g/mol. The number of amides is 2. The smallest absolute Gasteiger partial charge is 0.408 e. The van der Waals surface area contributed by atoms with Crippen LogP contribution in [0.3, 0.4) is 0 Å². The van der Waals surface area contributed by atoms with E-state index in [1.54, 1.807) is 26.2 Å². The molecule has 0 rings (SSSR count). The van der Waals surface area contributed by atoms with Gasteiger partial charge in [-0.25, -0.2) is 14.9 Å². The van der Waals surface area contributed by atoms with E-state index in [-0.39, 0.29) is 19.1 Å². The first kappa shape index (κ1) is 26.4. The summed E-state index contributed by atoms with van der Waals surface area (Å²) in [5, 5.41) is 33.9. The van der Waals surface area contributed by atoms with Crippen LogP contribution < -0.4 is 21.4 Å². The Kier molecular flexibility index (Phi) is 11.6. The van der Waals surface area contributed by atoms with Crippen molar-refractivity contribution in [3.8, 4) is 0 Å². The van der Waals surface area contributed by atoms with Crippen molar-refractivity contribution in [2.24, 2.45) is 5.92 Å². The first-order chi connectivity index (χ1) is 13.3. The van der Waals surface area contributed by atoms with Gasteiger partial charge in [-0.3, -0.25) is 10.2 Å². The molecule has 0 aliphatic rings. The summed E-state index contributed by atoms with van der Waals surface area (Å²) in [6.07, 6.45) is 0.526. The average molecular weight is 418 g/mol. The topological polar surface area (TPSA) is 179 Å². The zero-order chi connectivity index (χ0) is 22.6. The number of nitrogens with one attached hydrogen (secondary N) is 5. The predicted octanol–water partition coefficient (Wildman–Crippen LogP) is 0.489. The van der Waals surface area contributed by atoms with Crippen LogP contribution in [0.4, 0.5) is 4.79 Å². The van der Waals surface area contributed by atoms with Crippen molar-refractivity contribution in [2.45, 2.75) is 71.6 Å². The van der Waals surface area contributed by atoms with Crippen molar-refractivity contribution in [3.05, 3.63) is 10.1 Å². The van der Waals surface area contributed by atoms with Crippen LogP contribution in [0.5, 0.6) is 0 Å². The fourth-order valence-electron chi connectivity index (χ4n) is 2.36. The first-order valence-corrected chi connectivity index (χ1v) is 9.48. The zero-order valence-electron chi connectivity index (χ0n) is 17.7. The number of rotatable bonds is 11. The van der Waals surface area contributed by atoms with Gasteiger partial charge in [-0.05, 0) is 46.0 Å². The minimum absolute atomic E-state index is 0.137. The molecule has 0 saturated carbocycles. The van der Waals surface area contributed by atoms with E-state index in [1.807, 2.05) is 13.8 Å². The maximum absolute atomic E-state index is 12.6. The summed E-state index contributed by atoms with van der Waals surface area (Å²) in [5.41, 5.74) is 0.974. The van der Waals surface area contributed by atoms with Gasteiger partial charge in [0.25, 0.3) is 5.96 Å². The van der Waals surface area contributed by atoms with E-state index >= 15 is 0 Å². The lowest BCUT2D eigenvalue weighted by atomic mass is 10.0. The minimum atomic E-state index is -0.849. The number of aliphatic hydroxyl groups is 1. The van der Waals surface area contributed by atoms with Crippen molar-refractivity contribution in [1.82, 2.24) is 21.4 Å². The number of hydrogen-bond donors (Lipinski definition) is 6. The number of nitrogens with zero attached hydrogens (tertiary/aromatic N) is 1. The maximum Gasteiger partial charge on any atom is 0.408 e. The van der Waals surface area contributed by atoms with Gasteiger partial charge >= 0.3 is 6.09 Å². The molecule has 0 fully saturated rings. The number of nitro groups is 1. The van der Waals surface area contributed by atoms with Gasteiger partial charge in [-0.2, -0.15) is 0 Å². The molecule has 0 radical (unpaired) electrons. The highest BCUT2D eigenvalue weighted by molar-refractivity contribution is 5.85. The third-order valence-electron chi connectivity index (χ3n) is 3.52. The van der Waals surface area contributed by atoms with Gasteiger partial charge in [0.05, 0.1) is 12.6 Å². The fraction of sp³-hybridized carbons (Fsp3) is 0.824. The van der Waals surface area contributed by atoms with Crippen molar-refractivity contribution in [3.63, 3.8) is 0 Å². The number of hydrogen-bond acceptors (Lipinski definition) is 7. The Balaban J connectivity index is 4.63. The molecule has 0 aromatic carbocycles. The molecule has 12 heteroatoms. The first-order valence-electron chi connectivity index (χ1n) is 9.48. The van der Waals surface area contributed by atoms with Gasteiger partial charge in [0, 0.05) is 6.54 Å². The monoisotopic (exact) mass is 418 g/mol. The van der Waals surface area contributed by atoms with E-state index in [2.05, 4.69) is 16.0 Å². The molecule has 0 aliphatic heterocycles.